The van der Waals surface area contributed by atoms with Crippen LogP contribution in [0.5, 0.6) is 0 Å². The van der Waals surface area contributed by atoms with Crippen LogP contribution in [0.4, 0.5) is 40.9 Å². The summed E-state index contributed by atoms with van der Waals surface area (Å²) in [5, 5.41) is 9.44. The summed E-state index contributed by atoms with van der Waals surface area (Å²) in [6.07, 6.45) is -4.71. The molecule has 0 aliphatic heterocycles. The molecule has 4 aliphatic carbocycles. The number of nitrogens with zero attached hydrogens (tertiary/aromatic N) is 5. The van der Waals surface area contributed by atoms with Crippen LogP contribution >= 0.6 is 0 Å². The van der Waals surface area contributed by atoms with Crippen LogP contribution in [0, 0.1) is 29.4 Å². The van der Waals surface area contributed by atoms with Crippen molar-refractivity contribution in [2.45, 2.75) is 118 Å². The molecule has 2 N–H and O–H groups in total. The van der Waals surface area contributed by atoms with Gasteiger partial charge in [-0.3, -0.25) is 18.9 Å². The number of hydrogen-bond acceptors (Lipinski definition) is 8. The first-order chi connectivity index (χ1) is 31.1. The lowest BCUT2D eigenvalue weighted by molar-refractivity contribution is -0.123. The van der Waals surface area contributed by atoms with E-state index < -0.39 is 120 Å². The van der Waals surface area contributed by atoms with Crippen LogP contribution in [0.25, 0.3) is 22.0 Å². The zero-order valence-electron chi connectivity index (χ0n) is 35.1. The molecule has 3 atom stereocenters. The van der Waals surface area contributed by atoms with Gasteiger partial charge >= 0.3 is 0 Å². The number of anilines is 1. The zero-order valence-corrected chi connectivity index (χ0v) is 36.8. The first-order valence-electron chi connectivity index (χ1n) is 21.1. The highest BCUT2D eigenvalue weighted by Crippen LogP contribution is 2.63. The zero-order chi connectivity index (χ0) is 47.2. The van der Waals surface area contributed by atoms with Crippen molar-refractivity contribution in [1.82, 2.24) is 29.9 Å². The summed E-state index contributed by atoms with van der Waals surface area (Å²) in [7, 11) is -7.70. The van der Waals surface area contributed by atoms with Crippen LogP contribution in [0.2, 0.25) is 0 Å². The molecule has 3 heterocycles. The normalized spacial score (nSPS) is 19.6. The fourth-order valence-corrected chi connectivity index (χ4v) is 12.1. The van der Waals surface area contributed by atoms with E-state index in [0.29, 0.717) is 36.4 Å². The third-order valence-corrected chi connectivity index (χ3v) is 17.3. The number of rotatable bonds is 15. The number of nitrogens with one attached hydrogen (secondary N) is 2. The lowest BCUT2D eigenvalue weighted by atomic mass is 9.73. The Kier molecular flexibility index (Phi) is 11.3. The number of hydrogen-bond donors (Lipinski definition) is 2. The number of pyridine rings is 1. The van der Waals surface area contributed by atoms with Crippen molar-refractivity contribution in [3.63, 3.8) is 0 Å². The first kappa shape index (κ1) is 45.6. The molecule has 350 valence electrons. The number of amides is 1. The van der Waals surface area contributed by atoms with Crippen LogP contribution in [-0.4, -0.2) is 69.0 Å². The number of benzene rings is 2. The Bertz CT molecular complexity index is 3060. The predicted molar refractivity (Wildman–Crippen MR) is 225 cm³/mol. The molecule has 4 aliphatic rings. The van der Waals surface area contributed by atoms with Crippen LogP contribution < -0.4 is 10.0 Å². The summed E-state index contributed by atoms with van der Waals surface area (Å²) in [6.45, 7) is 0.816. The number of fused-ring (bicyclic) bond motifs is 4. The minimum Gasteiger partial charge on any atom is -0.346 e. The van der Waals surface area contributed by atoms with Gasteiger partial charge in [-0.15, -0.1) is 0 Å². The fraction of sp³-hybridized carbons (Fsp3) is 0.455. The third kappa shape index (κ3) is 8.30. The smallest absolute Gasteiger partial charge is 0.293 e. The van der Waals surface area contributed by atoms with E-state index in [1.807, 2.05) is 0 Å². The number of halogens is 8. The summed E-state index contributed by atoms with van der Waals surface area (Å²) in [5.41, 5.74) is -2.13. The van der Waals surface area contributed by atoms with E-state index in [1.165, 1.54) is 44.2 Å². The molecule has 1 amide bonds. The Balaban J connectivity index is 1.20. The molecule has 9 rings (SSSR count). The summed E-state index contributed by atoms with van der Waals surface area (Å²) in [5.74, 6) is -3.53. The van der Waals surface area contributed by atoms with E-state index in [0.717, 1.165) is 16.8 Å². The first-order valence-corrected chi connectivity index (χ1v) is 24.2. The molecule has 5 aromatic rings. The summed E-state index contributed by atoms with van der Waals surface area (Å²) < 4.78 is 173. The maximum Gasteiger partial charge on any atom is 0.293 e. The molecule has 66 heavy (non-hydrogen) atoms. The number of sulfone groups is 1. The molecule has 0 radical (unpaired) electrons. The Morgan fingerprint density at radius 3 is 2.20 bits per heavy atom. The van der Waals surface area contributed by atoms with Gasteiger partial charge in [-0.05, 0) is 107 Å². The van der Waals surface area contributed by atoms with Crippen LogP contribution in [-0.2, 0) is 50.1 Å². The average Bonchev–Trinajstić information content (AvgIpc) is 4.14. The van der Waals surface area contributed by atoms with Crippen molar-refractivity contribution in [2.24, 2.45) is 5.92 Å². The number of sulfonamides is 1. The van der Waals surface area contributed by atoms with Gasteiger partial charge < -0.3 is 5.32 Å². The van der Waals surface area contributed by atoms with Gasteiger partial charge in [0.25, 0.3) is 18.8 Å². The number of alkyl halides is 6. The predicted octanol–water partition coefficient (Wildman–Crippen LogP) is 8.09. The average molecular weight is 964 g/mol. The molecule has 12 nitrogen and oxygen atoms in total. The van der Waals surface area contributed by atoms with Crippen LogP contribution in [0.15, 0.2) is 48.5 Å². The highest BCUT2D eigenvalue weighted by atomic mass is 32.2. The molecular weight excluding hydrogens is 923 g/mol. The number of carbonyl (C=O) groups excluding carboxylic acids is 1. The van der Waals surface area contributed by atoms with E-state index >= 15 is 8.78 Å². The molecule has 0 unspecified atom stereocenters. The Morgan fingerprint density at radius 2 is 1.58 bits per heavy atom. The van der Waals surface area contributed by atoms with Crippen LogP contribution in [0.1, 0.15) is 105 Å². The Morgan fingerprint density at radius 1 is 0.879 bits per heavy atom. The highest BCUT2D eigenvalue weighted by Gasteiger charge is 2.62. The summed E-state index contributed by atoms with van der Waals surface area (Å²) in [6, 6.07) is 8.21. The van der Waals surface area contributed by atoms with Gasteiger partial charge in [0, 0.05) is 34.1 Å². The molecule has 2 aromatic carbocycles. The van der Waals surface area contributed by atoms with E-state index in [1.54, 1.807) is 0 Å². The minimum atomic E-state index is -3.97. The van der Waals surface area contributed by atoms with Crippen molar-refractivity contribution in [1.29, 1.82) is 0 Å². The molecule has 0 bridgehead atoms. The van der Waals surface area contributed by atoms with Crippen LogP contribution in [0.3, 0.4) is 0 Å². The molecule has 3 saturated carbocycles. The van der Waals surface area contributed by atoms with Crippen molar-refractivity contribution >= 4 is 42.5 Å². The van der Waals surface area contributed by atoms with Gasteiger partial charge in [-0.25, -0.2) is 48.2 Å². The van der Waals surface area contributed by atoms with Gasteiger partial charge in [0.2, 0.25) is 15.9 Å². The highest BCUT2D eigenvalue weighted by molar-refractivity contribution is 7.94. The fourth-order valence-electron chi connectivity index (χ4n) is 9.01. The Hall–Kier alpha value is -5.56. The second-order valence-corrected chi connectivity index (χ2v) is 22.5. The Labute approximate surface area is 373 Å². The second-order valence-electron chi connectivity index (χ2n) is 17.7. The van der Waals surface area contributed by atoms with Gasteiger partial charge in [0.1, 0.15) is 46.6 Å². The van der Waals surface area contributed by atoms with Crippen molar-refractivity contribution in [3.05, 3.63) is 94.1 Å². The quantitative estimate of drug-likeness (QED) is 0.0788. The molecular formula is C44H41F8N7O5S2. The monoisotopic (exact) mass is 963 g/mol. The second kappa shape index (κ2) is 16.3. The maximum absolute atomic E-state index is 15.8. The van der Waals surface area contributed by atoms with Crippen molar-refractivity contribution in [3.8, 4) is 23.0 Å². The molecule has 0 saturated heterocycles. The summed E-state index contributed by atoms with van der Waals surface area (Å²) >= 11 is 0. The molecule has 3 fully saturated rings. The largest absolute Gasteiger partial charge is 0.346 e. The molecule has 3 aromatic heterocycles. The van der Waals surface area contributed by atoms with E-state index in [9.17, 15) is 48.0 Å². The van der Waals surface area contributed by atoms with E-state index in [2.05, 4.69) is 32.1 Å². The third-order valence-electron chi connectivity index (χ3n) is 12.6. The van der Waals surface area contributed by atoms with Gasteiger partial charge in [-0.1, -0.05) is 18.1 Å². The number of para-hydroxylation sites is 1. The standard InChI is InChI=1S/C44H41F8N7O5S2/c1-43(2,65(61,62)26-7-8-26)15-14-25-6-11-28(29-4-3-5-31-39(29)58(20-34(47)48)56-42(31)57-66(63,64)27-9-10-27)37(53-25)33(18-22-16-23(45)19-24(46)17-22)54-35(60)21-59-40-36(38(55-59)41(49)50)30-12-13-32(30)44(40,51)52/h3-6,11,16-17,19,26-27,30,32-34,41H,7-10,12-13,18,20-21H2,1-2H3,(H,54,60)(H,56,57)/t30-,32+,33-/m0/s1. The van der Waals surface area contributed by atoms with E-state index in [-0.39, 0.29) is 63.2 Å². The van der Waals surface area contributed by atoms with Gasteiger partial charge in [0.05, 0.1) is 27.8 Å². The van der Waals surface area contributed by atoms with Crippen molar-refractivity contribution in [2.75, 3.05) is 4.72 Å². The lowest BCUT2D eigenvalue weighted by Gasteiger charge is -2.34. The topological polar surface area (TPSA) is 158 Å². The lowest BCUT2D eigenvalue weighted by Crippen LogP contribution is -2.36. The SMILES string of the molecule is CC(C)(C#Cc1ccc(-c2cccc3c(NS(=O)(=O)C4CC4)nn(CC(F)F)c23)c([C@H](Cc2cc(F)cc(F)c2)NC(=O)Cn2nc(C(F)F)c3c2C(F)(F)[C@@H]2CC[C@H]32)n1)S(=O)(=O)C1CC1. The van der Waals surface area contributed by atoms with Gasteiger partial charge in [0.15, 0.2) is 15.7 Å². The number of carbonyl (C=O) groups is 1. The van der Waals surface area contributed by atoms with Crippen molar-refractivity contribution < 1.29 is 56.8 Å². The molecule has 0 spiro atoms. The molecule has 22 heteroatoms. The van der Waals surface area contributed by atoms with Gasteiger partial charge in [-0.2, -0.15) is 19.0 Å². The summed E-state index contributed by atoms with van der Waals surface area (Å²) in [4.78, 5) is 18.9. The van der Waals surface area contributed by atoms with E-state index in [4.69, 9.17) is 4.98 Å². The maximum atomic E-state index is 15.8. The minimum absolute atomic E-state index is 0.0183. The number of aromatic nitrogens is 5.